The van der Waals surface area contributed by atoms with Gasteiger partial charge in [0.05, 0.1) is 13.2 Å². The first-order valence-electron chi connectivity index (χ1n) is 7.66. The Kier molecular flexibility index (Phi) is 4.14. The maximum Gasteiger partial charge on any atom is 0.254 e. The number of aromatic nitrogens is 4. The number of hydrogen-bond acceptors (Lipinski definition) is 5. The van der Waals surface area contributed by atoms with Crippen molar-refractivity contribution in [1.82, 2.24) is 19.6 Å². The van der Waals surface area contributed by atoms with Crippen molar-refractivity contribution in [1.29, 1.82) is 0 Å². The van der Waals surface area contributed by atoms with E-state index in [9.17, 15) is 0 Å². The lowest BCUT2D eigenvalue weighted by Crippen LogP contribution is -2.19. The van der Waals surface area contributed by atoms with E-state index in [1.165, 1.54) is 11.9 Å². The van der Waals surface area contributed by atoms with E-state index in [-0.39, 0.29) is 6.04 Å². The van der Waals surface area contributed by atoms with Gasteiger partial charge in [0, 0.05) is 11.8 Å². The summed E-state index contributed by atoms with van der Waals surface area (Å²) in [5.41, 5.74) is 2.11. The highest BCUT2D eigenvalue weighted by Gasteiger charge is 2.18. The molecule has 1 aromatic carbocycles. The van der Waals surface area contributed by atoms with Gasteiger partial charge < -0.3 is 10.1 Å². The number of anilines is 1. The van der Waals surface area contributed by atoms with E-state index in [0.717, 1.165) is 17.3 Å². The summed E-state index contributed by atoms with van der Waals surface area (Å²) in [6.45, 7) is 6.33. The van der Waals surface area contributed by atoms with Crippen LogP contribution in [-0.2, 0) is 0 Å². The standard InChI is InChI=1S/C17H21N5O/c1-11(2)16(13-5-7-14(23-4)8-6-13)21-15-9-12(3)20-17-18-10-19-22(15)17/h5-11,16,21H,1-4H3. The molecule has 0 saturated carbocycles. The van der Waals surface area contributed by atoms with Crippen molar-refractivity contribution in [3.8, 4) is 5.75 Å². The predicted octanol–water partition coefficient (Wildman–Crippen LogP) is 3.25. The molecule has 6 nitrogen and oxygen atoms in total. The molecule has 3 aromatic rings. The number of aryl methyl sites for hydroxylation is 1. The molecule has 120 valence electrons. The third kappa shape index (κ3) is 3.11. The maximum absolute atomic E-state index is 5.24. The first kappa shape index (κ1) is 15.3. The second kappa shape index (κ2) is 6.24. The van der Waals surface area contributed by atoms with Crippen LogP contribution >= 0.6 is 0 Å². The molecule has 6 heteroatoms. The maximum atomic E-state index is 5.24. The molecule has 1 unspecified atom stereocenters. The normalized spacial score (nSPS) is 12.6. The highest BCUT2D eigenvalue weighted by atomic mass is 16.5. The Morgan fingerprint density at radius 3 is 2.57 bits per heavy atom. The fraction of sp³-hybridized carbons (Fsp3) is 0.353. The molecule has 1 atom stereocenters. The van der Waals surface area contributed by atoms with E-state index in [0.29, 0.717) is 11.7 Å². The van der Waals surface area contributed by atoms with E-state index in [2.05, 4.69) is 46.4 Å². The van der Waals surface area contributed by atoms with Gasteiger partial charge in [-0.3, -0.25) is 0 Å². The largest absolute Gasteiger partial charge is 0.497 e. The monoisotopic (exact) mass is 311 g/mol. The van der Waals surface area contributed by atoms with Gasteiger partial charge in [-0.25, -0.2) is 4.98 Å². The van der Waals surface area contributed by atoms with Crippen molar-refractivity contribution < 1.29 is 4.74 Å². The molecule has 0 aliphatic heterocycles. The van der Waals surface area contributed by atoms with Gasteiger partial charge in [0.1, 0.15) is 17.9 Å². The van der Waals surface area contributed by atoms with Crippen LogP contribution in [0.25, 0.3) is 5.78 Å². The van der Waals surface area contributed by atoms with E-state index in [4.69, 9.17) is 4.74 Å². The van der Waals surface area contributed by atoms with Gasteiger partial charge in [-0.2, -0.15) is 14.6 Å². The van der Waals surface area contributed by atoms with Gasteiger partial charge >= 0.3 is 0 Å². The Labute approximate surface area is 135 Å². The number of nitrogens with one attached hydrogen (secondary N) is 1. The lowest BCUT2D eigenvalue weighted by molar-refractivity contribution is 0.414. The zero-order chi connectivity index (χ0) is 16.4. The lowest BCUT2D eigenvalue weighted by atomic mass is 9.96. The molecule has 2 heterocycles. The first-order valence-corrected chi connectivity index (χ1v) is 7.66. The third-order valence-electron chi connectivity index (χ3n) is 3.82. The van der Waals surface area contributed by atoms with E-state index in [1.54, 1.807) is 11.6 Å². The van der Waals surface area contributed by atoms with Crippen LogP contribution in [0.5, 0.6) is 5.75 Å². The van der Waals surface area contributed by atoms with E-state index < -0.39 is 0 Å². The van der Waals surface area contributed by atoms with Gasteiger partial charge in [-0.05, 0) is 30.5 Å². The van der Waals surface area contributed by atoms with Crippen LogP contribution in [0, 0.1) is 12.8 Å². The molecule has 2 aromatic heterocycles. The first-order chi connectivity index (χ1) is 11.1. The van der Waals surface area contributed by atoms with Gasteiger partial charge in [0.25, 0.3) is 5.78 Å². The SMILES string of the molecule is COc1ccc(C(Nc2cc(C)nc3ncnn23)C(C)C)cc1. The minimum Gasteiger partial charge on any atom is -0.497 e. The average molecular weight is 311 g/mol. The quantitative estimate of drug-likeness (QED) is 0.783. The number of fused-ring (bicyclic) bond motifs is 1. The Hall–Kier alpha value is -2.63. The van der Waals surface area contributed by atoms with Crippen molar-refractivity contribution in [3.63, 3.8) is 0 Å². The molecule has 3 rings (SSSR count). The molecule has 0 fully saturated rings. The van der Waals surface area contributed by atoms with Crippen molar-refractivity contribution in [3.05, 3.63) is 47.9 Å². The van der Waals surface area contributed by atoms with Crippen LogP contribution in [0.4, 0.5) is 5.82 Å². The van der Waals surface area contributed by atoms with Crippen molar-refractivity contribution in [2.45, 2.75) is 26.8 Å². The second-order valence-corrected chi connectivity index (χ2v) is 5.89. The van der Waals surface area contributed by atoms with Gasteiger partial charge in [0.2, 0.25) is 0 Å². The summed E-state index contributed by atoms with van der Waals surface area (Å²) in [6.07, 6.45) is 1.52. The minimum absolute atomic E-state index is 0.148. The molecule has 0 amide bonds. The summed E-state index contributed by atoms with van der Waals surface area (Å²) in [5.74, 6) is 2.74. The molecular formula is C17H21N5O. The summed E-state index contributed by atoms with van der Waals surface area (Å²) < 4.78 is 6.97. The topological polar surface area (TPSA) is 64.3 Å². The molecular weight excluding hydrogens is 290 g/mol. The second-order valence-electron chi connectivity index (χ2n) is 5.89. The fourth-order valence-corrected chi connectivity index (χ4v) is 2.64. The Morgan fingerprint density at radius 1 is 1.17 bits per heavy atom. The van der Waals surface area contributed by atoms with E-state index in [1.807, 2.05) is 25.1 Å². The molecule has 0 bridgehead atoms. The zero-order valence-corrected chi connectivity index (χ0v) is 13.8. The number of rotatable bonds is 5. The van der Waals surface area contributed by atoms with Crippen LogP contribution in [0.2, 0.25) is 0 Å². The molecule has 0 aliphatic rings. The smallest absolute Gasteiger partial charge is 0.254 e. The Bertz CT molecular complexity index is 794. The van der Waals surface area contributed by atoms with E-state index >= 15 is 0 Å². The van der Waals surface area contributed by atoms with Crippen LogP contribution < -0.4 is 10.1 Å². The van der Waals surface area contributed by atoms with Crippen LogP contribution in [0.1, 0.15) is 31.1 Å². The summed E-state index contributed by atoms with van der Waals surface area (Å²) in [5, 5.41) is 7.84. The van der Waals surface area contributed by atoms with Crippen molar-refractivity contribution in [2.24, 2.45) is 5.92 Å². The van der Waals surface area contributed by atoms with Gasteiger partial charge in [0.15, 0.2) is 0 Å². The average Bonchev–Trinajstić information content (AvgIpc) is 3.00. The van der Waals surface area contributed by atoms with Crippen molar-refractivity contribution in [2.75, 3.05) is 12.4 Å². The van der Waals surface area contributed by atoms with Crippen molar-refractivity contribution >= 4 is 11.6 Å². The number of nitrogens with zero attached hydrogens (tertiary/aromatic N) is 4. The van der Waals surface area contributed by atoms with Crippen LogP contribution in [0.3, 0.4) is 0 Å². The van der Waals surface area contributed by atoms with Gasteiger partial charge in [-0.15, -0.1) is 0 Å². The Morgan fingerprint density at radius 2 is 1.91 bits per heavy atom. The number of hydrogen-bond donors (Lipinski definition) is 1. The molecule has 23 heavy (non-hydrogen) atoms. The summed E-state index contributed by atoms with van der Waals surface area (Å²) >= 11 is 0. The molecule has 0 spiro atoms. The van der Waals surface area contributed by atoms with Crippen LogP contribution in [0.15, 0.2) is 36.7 Å². The highest BCUT2D eigenvalue weighted by Crippen LogP contribution is 2.28. The number of ether oxygens (including phenoxy) is 1. The summed E-state index contributed by atoms with van der Waals surface area (Å²) in [7, 11) is 1.67. The summed E-state index contributed by atoms with van der Waals surface area (Å²) in [6, 6.07) is 10.3. The highest BCUT2D eigenvalue weighted by molar-refractivity contribution is 5.47. The third-order valence-corrected chi connectivity index (χ3v) is 3.82. The molecule has 0 saturated heterocycles. The fourth-order valence-electron chi connectivity index (χ4n) is 2.64. The summed E-state index contributed by atoms with van der Waals surface area (Å²) in [4.78, 5) is 8.55. The molecule has 1 N–H and O–H groups in total. The zero-order valence-electron chi connectivity index (χ0n) is 13.8. The Balaban J connectivity index is 1.96. The molecule has 0 radical (unpaired) electrons. The number of benzene rings is 1. The molecule has 0 aliphatic carbocycles. The number of methoxy groups -OCH3 is 1. The predicted molar refractivity (Wildman–Crippen MR) is 89.7 cm³/mol. The van der Waals surface area contributed by atoms with Gasteiger partial charge in [-0.1, -0.05) is 26.0 Å². The lowest BCUT2D eigenvalue weighted by Gasteiger charge is -2.24. The van der Waals surface area contributed by atoms with Crippen LogP contribution in [-0.4, -0.2) is 26.7 Å². The minimum atomic E-state index is 0.148.